The quantitative estimate of drug-likeness (QED) is 0.561. The van der Waals surface area contributed by atoms with Gasteiger partial charge >= 0.3 is 0 Å². The number of rotatable bonds is 6. The fourth-order valence-corrected chi connectivity index (χ4v) is 2.80. The Morgan fingerprint density at radius 2 is 1.56 bits per heavy atom. The fourth-order valence-electron chi connectivity index (χ4n) is 2.80. The van der Waals surface area contributed by atoms with Gasteiger partial charge in [0.25, 0.3) is 0 Å². The monoisotopic (exact) mass is 353 g/mol. The highest BCUT2D eigenvalue weighted by atomic mass is 15.0. The Hall–Kier alpha value is -3.60. The number of aromatic nitrogens is 4. The largest absolute Gasteiger partial charge is 0.370 e. The maximum atomic E-state index is 4.70. The summed E-state index contributed by atoms with van der Waals surface area (Å²) in [5, 5.41) is 3.42. The van der Waals surface area contributed by atoms with E-state index in [1.54, 1.807) is 18.6 Å². The van der Waals surface area contributed by atoms with E-state index in [-0.39, 0.29) is 0 Å². The van der Waals surface area contributed by atoms with Crippen LogP contribution in [0.2, 0.25) is 0 Å². The highest BCUT2D eigenvalue weighted by molar-refractivity contribution is 5.65. The molecular formula is C22H19N5. The number of hydrogen-bond acceptors (Lipinski definition) is 5. The zero-order valence-corrected chi connectivity index (χ0v) is 14.8. The third-order valence-electron chi connectivity index (χ3n) is 4.16. The van der Waals surface area contributed by atoms with Crippen LogP contribution in [0.5, 0.6) is 0 Å². The van der Waals surface area contributed by atoms with Crippen molar-refractivity contribution in [2.24, 2.45) is 0 Å². The first-order valence-electron chi connectivity index (χ1n) is 8.87. The molecule has 1 aromatic carbocycles. The van der Waals surface area contributed by atoms with E-state index in [9.17, 15) is 0 Å². The first-order chi connectivity index (χ1) is 13.4. The van der Waals surface area contributed by atoms with Crippen molar-refractivity contribution in [1.29, 1.82) is 0 Å². The Morgan fingerprint density at radius 1 is 0.741 bits per heavy atom. The predicted molar refractivity (Wildman–Crippen MR) is 107 cm³/mol. The first-order valence-corrected chi connectivity index (χ1v) is 8.87. The summed E-state index contributed by atoms with van der Waals surface area (Å²) in [6, 6.07) is 22.0. The van der Waals surface area contributed by atoms with Gasteiger partial charge in [0.05, 0.1) is 5.69 Å². The highest BCUT2D eigenvalue weighted by Gasteiger charge is 2.09. The first kappa shape index (κ1) is 16.8. The molecule has 0 atom stereocenters. The number of nitrogens with one attached hydrogen (secondary N) is 1. The molecule has 0 saturated carbocycles. The van der Waals surface area contributed by atoms with Gasteiger partial charge in [-0.1, -0.05) is 36.4 Å². The van der Waals surface area contributed by atoms with Gasteiger partial charge in [0.15, 0.2) is 5.82 Å². The second-order valence-electron chi connectivity index (χ2n) is 6.08. The molecule has 0 aliphatic carbocycles. The molecule has 4 rings (SSSR count). The summed E-state index contributed by atoms with van der Waals surface area (Å²) in [5.41, 5.74) is 3.88. The molecule has 5 heteroatoms. The van der Waals surface area contributed by atoms with Crippen LogP contribution in [0.4, 0.5) is 5.82 Å². The van der Waals surface area contributed by atoms with Crippen molar-refractivity contribution in [3.63, 3.8) is 0 Å². The number of hydrogen-bond donors (Lipinski definition) is 1. The Kier molecular flexibility index (Phi) is 5.11. The molecule has 27 heavy (non-hydrogen) atoms. The molecule has 0 unspecified atom stereocenters. The summed E-state index contributed by atoms with van der Waals surface area (Å²) in [4.78, 5) is 17.8. The van der Waals surface area contributed by atoms with Crippen LogP contribution < -0.4 is 5.32 Å². The molecule has 3 aromatic heterocycles. The zero-order chi connectivity index (χ0) is 18.3. The molecule has 4 aromatic rings. The molecule has 0 radical (unpaired) electrons. The third kappa shape index (κ3) is 4.33. The van der Waals surface area contributed by atoms with E-state index in [1.807, 2.05) is 42.5 Å². The Bertz CT molecular complexity index is 931. The van der Waals surface area contributed by atoms with Crippen molar-refractivity contribution in [2.45, 2.75) is 6.42 Å². The van der Waals surface area contributed by atoms with Crippen molar-refractivity contribution in [3.8, 4) is 22.8 Å². The lowest BCUT2D eigenvalue weighted by Gasteiger charge is -2.10. The van der Waals surface area contributed by atoms with Crippen LogP contribution in [0.25, 0.3) is 22.8 Å². The van der Waals surface area contributed by atoms with E-state index in [1.165, 1.54) is 5.56 Å². The number of benzene rings is 1. The maximum absolute atomic E-state index is 4.70. The minimum absolute atomic E-state index is 0.604. The second-order valence-corrected chi connectivity index (χ2v) is 6.08. The van der Waals surface area contributed by atoms with Crippen LogP contribution in [-0.4, -0.2) is 26.5 Å². The average Bonchev–Trinajstić information content (AvgIpc) is 2.76. The summed E-state index contributed by atoms with van der Waals surface area (Å²) in [7, 11) is 0. The van der Waals surface area contributed by atoms with Gasteiger partial charge in [-0.25, -0.2) is 9.97 Å². The summed E-state index contributed by atoms with van der Waals surface area (Å²) in [6.45, 7) is 0.790. The van der Waals surface area contributed by atoms with Gasteiger partial charge in [-0.05, 0) is 36.2 Å². The van der Waals surface area contributed by atoms with Crippen molar-refractivity contribution in [2.75, 3.05) is 11.9 Å². The fraction of sp³-hybridized carbons (Fsp3) is 0.0909. The molecule has 132 valence electrons. The normalized spacial score (nSPS) is 10.5. The van der Waals surface area contributed by atoms with E-state index in [2.05, 4.69) is 44.5 Å². The van der Waals surface area contributed by atoms with E-state index < -0.39 is 0 Å². The Labute approximate surface area is 158 Å². The minimum atomic E-state index is 0.604. The van der Waals surface area contributed by atoms with Gasteiger partial charge in [-0.15, -0.1) is 0 Å². The number of nitrogens with zero attached hydrogens (tertiary/aromatic N) is 4. The van der Waals surface area contributed by atoms with Crippen LogP contribution >= 0.6 is 0 Å². The van der Waals surface area contributed by atoms with Crippen LogP contribution in [0.1, 0.15) is 5.56 Å². The standard InChI is InChI=1S/C22H19N5/c1-2-6-17(7-3-1)9-15-25-21-16-20(18-10-13-23-14-11-18)26-22(27-21)19-8-4-5-12-24-19/h1-8,10-14,16H,9,15H2,(H,25,26,27). The molecule has 3 heterocycles. The molecule has 0 spiro atoms. The van der Waals surface area contributed by atoms with Crippen LogP contribution in [0.15, 0.2) is 85.3 Å². The molecule has 0 saturated heterocycles. The van der Waals surface area contributed by atoms with Crippen LogP contribution in [0, 0.1) is 0 Å². The van der Waals surface area contributed by atoms with Crippen LogP contribution in [0.3, 0.4) is 0 Å². The second kappa shape index (κ2) is 8.19. The maximum Gasteiger partial charge on any atom is 0.180 e. The number of pyridine rings is 2. The predicted octanol–water partition coefficient (Wildman–Crippen LogP) is 4.26. The Balaban J connectivity index is 1.62. The van der Waals surface area contributed by atoms with Crippen molar-refractivity contribution < 1.29 is 0 Å². The van der Waals surface area contributed by atoms with Gasteiger partial charge < -0.3 is 5.32 Å². The summed E-state index contributed by atoms with van der Waals surface area (Å²) < 4.78 is 0. The topological polar surface area (TPSA) is 63.6 Å². The lowest BCUT2D eigenvalue weighted by Crippen LogP contribution is -2.08. The lowest BCUT2D eigenvalue weighted by atomic mass is 10.1. The van der Waals surface area contributed by atoms with E-state index >= 15 is 0 Å². The van der Waals surface area contributed by atoms with Gasteiger partial charge in [-0.2, -0.15) is 0 Å². The van der Waals surface area contributed by atoms with Crippen molar-refractivity contribution >= 4 is 5.82 Å². The Morgan fingerprint density at radius 3 is 2.33 bits per heavy atom. The van der Waals surface area contributed by atoms with E-state index in [4.69, 9.17) is 4.98 Å². The molecule has 0 bridgehead atoms. The highest BCUT2D eigenvalue weighted by Crippen LogP contribution is 2.23. The molecule has 0 fully saturated rings. The van der Waals surface area contributed by atoms with Gasteiger partial charge in [-0.3, -0.25) is 9.97 Å². The van der Waals surface area contributed by atoms with Crippen LogP contribution in [-0.2, 0) is 6.42 Å². The smallest absolute Gasteiger partial charge is 0.180 e. The van der Waals surface area contributed by atoms with Gasteiger partial charge in [0.2, 0.25) is 0 Å². The van der Waals surface area contributed by atoms with Crippen molar-refractivity contribution in [1.82, 2.24) is 19.9 Å². The summed E-state index contributed by atoms with van der Waals surface area (Å²) in [6.07, 6.45) is 6.20. The minimum Gasteiger partial charge on any atom is -0.370 e. The average molecular weight is 353 g/mol. The van der Waals surface area contributed by atoms with Gasteiger partial charge in [0.1, 0.15) is 11.5 Å². The van der Waals surface area contributed by atoms with E-state index in [0.717, 1.165) is 35.7 Å². The molecule has 0 aliphatic rings. The lowest BCUT2D eigenvalue weighted by molar-refractivity contribution is 1.000. The molecule has 0 aliphatic heterocycles. The van der Waals surface area contributed by atoms with Crippen molar-refractivity contribution in [3.05, 3.63) is 90.9 Å². The zero-order valence-electron chi connectivity index (χ0n) is 14.8. The third-order valence-corrected chi connectivity index (χ3v) is 4.16. The SMILES string of the molecule is c1ccc(CCNc2cc(-c3ccncc3)nc(-c3ccccn3)n2)cc1. The molecule has 1 N–H and O–H groups in total. The molecular weight excluding hydrogens is 334 g/mol. The van der Waals surface area contributed by atoms with E-state index in [0.29, 0.717) is 5.82 Å². The summed E-state index contributed by atoms with van der Waals surface area (Å²) >= 11 is 0. The van der Waals surface area contributed by atoms with Gasteiger partial charge in [0, 0.05) is 36.8 Å². The number of anilines is 1. The molecule has 0 amide bonds. The molecule has 5 nitrogen and oxygen atoms in total. The summed E-state index contributed by atoms with van der Waals surface area (Å²) in [5.74, 6) is 1.39.